The molecule has 1 aromatic rings. The minimum Gasteiger partial charge on any atom is -0.468 e. The molecule has 5 heteroatoms. The Bertz CT molecular complexity index is 337. The van der Waals surface area contributed by atoms with Gasteiger partial charge in [-0.05, 0) is 19.1 Å². The highest BCUT2D eigenvalue weighted by atomic mass is 16.3. The van der Waals surface area contributed by atoms with Gasteiger partial charge in [0.05, 0.1) is 12.3 Å². The molecule has 2 N–H and O–H groups in total. The Balaban J connectivity index is 1.70. The molecule has 0 unspecified atom stereocenters. The summed E-state index contributed by atoms with van der Waals surface area (Å²) < 4.78 is 5.28. The maximum absolute atomic E-state index is 11.2. The topological polar surface area (TPSA) is 57.5 Å². The van der Waals surface area contributed by atoms with E-state index >= 15 is 0 Å². The number of furan rings is 1. The minimum absolute atomic E-state index is 0.0347. The monoisotopic (exact) mass is 223 g/mol. The molecule has 0 bridgehead atoms. The summed E-state index contributed by atoms with van der Waals surface area (Å²) in [6, 6.07) is 4.04. The number of hydrogen-bond donors (Lipinski definition) is 2. The second-order valence-electron chi connectivity index (χ2n) is 3.91. The number of nitrogens with zero attached hydrogens (tertiary/aromatic N) is 1. The Morgan fingerprint density at radius 3 is 3.19 bits per heavy atom. The number of urea groups is 1. The van der Waals surface area contributed by atoms with E-state index in [1.807, 2.05) is 24.0 Å². The highest BCUT2D eigenvalue weighted by molar-refractivity contribution is 5.76. The van der Waals surface area contributed by atoms with Crippen LogP contribution in [0.2, 0.25) is 0 Å². The quantitative estimate of drug-likeness (QED) is 0.781. The van der Waals surface area contributed by atoms with Crippen molar-refractivity contribution in [2.24, 2.45) is 0 Å². The van der Waals surface area contributed by atoms with Crippen LogP contribution < -0.4 is 10.6 Å². The zero-order chi connectivity index (χ0) is 11.4. The molecule has 1 aliphatic heterocycles. The van der Waals surface area contributed by atoms with Gasteiger partial charge in [-0.3, -0.25) is 0 Å². The van der Waals surface area contributed by atoms with E-state index in [9.17, 15) is 4.79 Å². The molecule has 2 rings (SSSR count). The Morgan fingerprint density at radius 2 is 2.56 bits per heavy atom. The first-order valence-electron chi connectivity index (χ1n) is 5.57. The van der Waals surface area contributed by atoms with Crippen LogP contribution in [0.1, 0.15) is 18.7 Å². The molecule has 16 heavy (non-hydrogen) atoms. The molecule has 0 aliphatic carbocycles. The van der Waals surface area contributed by atoms with E-state index in [2.05, 4.69) is 10.6 Å². The zero-order valence-electron chi connectivity index (χ0n) is 9.40. The molecule has 1 atom stereocenters. The molecule has 1 aliphatic rings. The molecule has 2 amide bonds. The standard InChI is InChI=1S/C11H17N3O2/c1-9(10-3-2-8-16-10)12-4-6-14-7-5-13-11(14)15/h2-3,8-9,12H,4-7H2,1H3,(H,13,15)/t9-/m0/s1. The Hall–Kier alpha value is -1.49. The van der Waals surface area contributed by atoms with E-state index in [-0.39, 0.29) is 12.1 Å². The average molecular weight is 223 g/mol. The van der Waals surface area contributed by atoms with Crippen molar-refractivity contribution < 1.29 is 9.21 Å². The molecule has 0 radical (unpaired) electrons. The fourth-order valence-electron chi connectivity index (χ4n) is 1.78. The average Bonchev–Trinajstić information content (AvgIpc) is 2.90. The summed E-state index contributed by atoms with van der Waals surface area (Å²) in [6.07, 6.45) is 1.67. The third-order valence-corrected chi connectivity index (χ3v) is 2.75. The molecule has 0 spiro atoms. The van der Waals surface area contributed by atoms with E-state index in [0.29, 0.717) is 0 Å². The molecular formula is C11H17N3O2. The Kier molecular flexibility index (Phi) is 3.46. The molecule has 1 aromatic heterocycles. The lowest BCUT2D eigenvalue weighted by Crippen LogP contribution is -2.35. The molecule has 1 saturated heterocycles. The summed E-state index contributed by atoms with van der Waals surface area (Å²) in [6.45, 7) is 5.11. The summed E-state index contributed by atoms with van der Waals surface area (Å²) in [5.41, 5.74) is 0. The van der Waals surface area contributed by atoms with Crippen LogP contribution >= 0.6 is 0 Å². The highest BCUT2D eigenvalue weighted by Crippen LogP contribution is 2.11. The summed E-state index contributed by atoms with van der Waals surface area (Å²) in [5.74, 6) is 0.922. The van der Waals surface area contributed by atoms with Gasteiger partial charge >= 0.3 is 6.03 Å². The lowest BCUT2D eigenvalue weighted by atomic mass is 10.2. The predicted molar refractivity (Wildman–Crippen MR) is 60.1 cm³/mol. The number of rotatable bonds is 5. The van der Waals surface area contributed by atoms with Gasteiger partial charge in [0.15, 0.2) is 0 Å². The largest absolute Gasteiger partial charge is 0.468 e. The van der Waals surface area contributed by atoms with Crippen molar-refractivity contribution in [3.05, 3.63) is 24.2 Å². The molecule has 0 aromatic carbocycles. The van der Waals surface area contributed by atoms with Gasteiger partial charge in [-0.25, -0.2) is 4.79 Å². The van der Waals surface area contributed by atoms with Crippen LogP contribution in [-0.4, -0.2) is 37.1 Å². The van der Waals surface area contributed by atoms with Crippen molar-refractivity contribution in [2.45, 2.75) is 13.0 Å². The third kappa shape index (κ3) is 2.55. The highest BCUT2D eigenvalue weighted by Gasteiger charge is 2.18. The number of hydrogen-bond acceptors (Lipinski definition) is 3. The SMILES string of the molecule is C[C@H](NCCN1CCNC1=O)c1ccco1. The van der Waals surface area contributed by atoms with Crippen LogP contribution in [0, 0.1) is 0 Å². The van der Waals surface area contributed by atoms with E-state index in [0.717, 1.165) is 31.9 Å². The normalized spacial score (nSPS) is 17.6. The lowest BCUT2D eigenvalue weighted by Gasteiger charge is -2.16. The van der Waals surface area contributed by atoms with Crippen LogP contribution in [0.3, 0.4) is 0 Å². The summed E-state index contributed by atoms with van der Waals surface area (Å²) in [5, 5.41) is 6.09. The zero-order valence-corrected chi connectivity index (χ0v) is 9.40. The molecule has 5 nitrogen and oxygen atoms in total. The number of amides is 2. The van der Waals surface area contributed by atoms with Crippen molar-refractivity contribution in [1.29, 1.82) is 0 Å². The van der Waals surface area contributed by atoms with E-state index in [1.54, 1.807) is 6.26 Å². The molecule has 2 heterocycles. The fourth-order valence-corrected chi connectivity index (χ4v) is 1.78. The first-order chi connectivity index (χ1) is 7.77. The molecule has 88 valence electrons. The maximum Gasteiger partial charge on any atom is 0.317 e. The van der Waals surface area contributed by atoms with E-state index in [4.69, 9.17) is 4.42 Å². The smallest absolute Gasteiger partial charge is 0.317 e. The Morgan fingerprint density at radius 1 is 1.69 bits per heavy atom. The van der Waals surface area contributed by atoms with Gasteiger partial charge in [-0.1, -0.05) is 0 Å². The minimum atomic E-state index is 0.0347. The van der Waals surface area contributed by atoms with Crippen LogP contribution in [0.25, 0.3) is 0 Å². The first kappa shape index (κ1) is 11.0. The lowest BCUT2D eigenvalue weighted by molar-refractivity contribution is 0.217. The number of carbonyl (C=O) groups excluding carboxylic acids is 1. The van der Waals surface area contributed by atoms with Gasteiger partial charge in [0, 0.05) is 26.2 Å². The summed E-state index contributed by atoms with van der Waals surface area (Å²) in [7, 11) is 0. The van der Waals surface area contributed by atoms with E-state index < -0.39 is 0 Å². The Labute approximate surface area is 94.8 Å². The van der Waals surface area contributed by atoms with Crippen molar-refractivity contribution in [2.75, 3.05) is 26.2 Å². The molecular weight excluding hydrogens is 206 g/mol. The van der Waals surface area contributed by atoms with Crippen LogP contribution in [-0.2, 0) is 0 Å². The van der Waals surface area contributed by atoms with Crippen LogP contribution in [0.4, 0.5) is 4.79 Å². The molecule has 0 saturated carbocycles. The van der Waals surface area contributed by atoms with E-state index in [1.165, 1.54) is 0 Å². The predicted octanol–water partition coefficient (Wildman–Crippen LogP) is 0.955. The van der Waals surface area contributed by atoms with Gasteiger partial charge in [-0.2, -0.15) is 0 Å². The number of carbonyl (C=O) groups is 1. The third-order valence-electron chi connectivity index (χ3n) is 2.75. The summed E-state index contributed by atoms with van der Waals surface area (Å²) >= 11 is 0. The second kappa shape index (κ2) is 5.03. The second-order valence-corrected chi connectivity index (χ2v) is 3.91. The van der Waals surface area contributed by atoms with Gasteiger partial charge in [0.25, 0.3) is 0 Å². The van der Waals surface area contributed by atoms with Crippen LogP contribution in [0.5, 0.6) is 0 Å². The van der Waals surface area contributed by atoms with Crippen molar-refractivity contribution in [1.82, 2.24) is 15.5 Å². The summed E-state index contributed by atoms with van der Waals surface area (Å²) in [4.78, 5) is 13.1. The van der Waals surface area contributed by atoms with Gasteiger partial charge in [0.1, 0.15) is 5.76 Å². The first-order valence-corrected chi connectivity index (χ1v) is 5.57. The number of nitrogens with one attached hydrogen (secondary N) is 2. The maximum atomic E-state index is 11.2. The van der Waals surface area contributed by atoms with Crippen LogP contribution in [0.15, 0.2) is 22.8 Å². The fraction of sp³-hybridized carbons (Fsp3) is 0.545. The van der Waals surface area contributed by atoms with Crippen molar-refractivity contribution in [3.63, 3.8) is 0 Å². The molecule has 1 fully saturated rings. The van der Waals surface area contributed by atoms with Gasteiger partial charge < -0.3 is 20.0 Å². The van der Waals surface area contributed by atoms with Gasteiger partial charge in [-0.15, -0.1) is 0 Å². The van der Waals surface area contributed by atoms with Crippen molar-refractivity contribution in [3.8, 4) is 0 Å². The van der Waals surface area contributed by atoms with Gasteiger partial charge in [0.2, 0.25) is 0 Å². The van der Waals surface area contributed by atoms with Crippen molar-refractivity contribution >= 4 is 6.03 Å².